The van der Waals surface area contributed by atoms with Crippen LogP contribution in [0.2, 0.25) is 0 Å². The molecule has 3 atom stereocenters. The second-order valence-corrected chi connectivity index (χ2v) is 10.4. The van der Waals surface area contributed by atoms with Crippen molar-refractivity contribution >= 4 is 46.4 Å². The van der Waals surface area contributed by atoms with E-state index in [0.29, 0.717) is 35.6 Å². The van der Waals surface area contributed by atoms with Gasteiger partial charge < -0.3 is 15.4 Å². The van der Waals surface area contributed by atoms with Gasteiger partial charge in [-0.25, -0.2) is 24.5 Å². The second kappa shape index (κ2) is 10.3. The normalized spacial score (nSPS) is 20.8. The first-order chi connectivity index (χ1) is 15.0. The number of pyridine rings is 1. The predicted octanol–water partition coefficient (Wildman–Crippen LogP) is 3.06. The predicted molar refractivity (Wildman–Crippen MR) is 117 cm³/mol. The smallest absolute Gasteiger partial charge is 0.382 e. The van der Waals surface area contributed by atoms with Gasteiger partial charge in [0, 0.05) is 11.9 Å². The summed E-state index contributed by atoms with van der Waals surface area (Å²) in [7, 11) is -1.20. The molecule has 1 aliphatic heterocycles. The number of hydrogen-bond acceptors (Lipinski definition) is 11. The quantitative estimate of drug-likeness (QED) is 0.247. The molecule has 3 aromatic rings. The van der Waals surface area contributed by atoms with E-state index in [1.54, 1.807) is 17.1 Å². The average molecular weight is 485 g/mol. The maximum absolute atomic E-state index is 12.1. The first-order valence-electron chi connectivity index (χ1n) is 9.43. The van der Waals surface area contributed by atoms with Crippen molar-refractivity contribution in [3.8, 4) is 0 Å². The molecule has 1 saturated heterocycles. The average Bonchev–Trinajstić information content (AvgIpc) is 3.40. The number of imidazole rings is 1. The molecule has 3 N–H and O–H groups in total. The minimum atomic E-state index is -4.16. The molecule has 1 unspecified atom stereocenters. The second-order valence-electron chi connectivity index (χ2n) is 6.54. The fraction of sp³-hybridized carbons (Fsp3) is 0.412. The first kappa shape index (κ1) is 22.5. The molecule has 4 rings (SSSR count). The number of nitrogen functional groups attached to an aromatic ring is 1. The SMILES string of the molecule is Nc1ncnc2c1ncn2[C@H]1CC[C@@H](COP(=O)(O)OCCSSc2ccccn2)O1. The molecule has 0 amide bonds. The van der Waals surface area contributed by atoms with Crippen LogP contribution in [0.5, 0.6) is 0 Å². The number of anilines is 1. The molecule has 1 aliphatic rings. The van der Waals surface area contributed by atoms with Gasteiger partial charge in [-0.1, -0.05) is 16.9 Å². The highest BCUT2D eigenvalue weighted by molar-refractivity contribution is 8.76. The zero-order valence-corrected chi connectivity index (χ0v) is 18.8. The van der Waals surface area contributed by atoms with E-state index in [0.717, 1.165) is 5.03 Å². The molecule has 0 aliphatic carbocycles. The third-order valence-corrected chi connectivity index (χ3v) is 7.62. The summed E-state index contributed by atoms with van der Waals surface area (Å²) in [6.45, 7) is 0.0262. The van der Waals surface area contributed by atoms with E-state index in [1.165, 1.54) is 27.9 Å². The van der Waals surface area contributed by atoms with Crippen LogP contribution in [0.3, 0.4) is 0 Å². The van der Waals surface area contributed by atoms with E-state index < -0.39 is 7.82 Å². The van der Waals surface area contributed by atoms with Crippen LogP contribution in [0.1, 0.15) is 19.1 Å². The number of nitrogens with two attached hydrogens (primary N) is 1. The van der Waals surface area contributed by atoms with Crippen molar-refractivity contribution in [3.05, 3.63) is 37.1 Å². The van der Waals surface area contributed by atoms with Gasteiger partial charge in [0.2, 0.25) is 0 Å². The van der Waals surface area contributed by atoms with Gasteiger partial charge in [0.05, 0.1) is 25.6 Å². The van der Waals surface area contributed by atoms with Crippen molar-refractivity contribution in [2.45, 2.75) is 30.2 Å². The van der Waals surface area contributed by atoms with E-state index in [2.05, 4.69) is 19.9 Å². The molecular formula is C17H21N6O5PS2. The van der Waals surface area contributed by atoms with E-state index in [1.807, 2.05) is 18.2 Å². The molecule has 166 valence electrons. The van der Waals surface area contributed by atoms with Gasteiger partial charge in [-0.05, 0) is 35.8 Å². The number of aromatic nitrogens is 5. The summed E-state index contributed by atoms with van der Waals surface area (Å²) in [6, 6.07) is 5.63. The molecule has 3 aromatic heterocycles. The Balaban J connectivity index is 1.19. The van der Waals surface area contributed by atoms with Crippen molar-refractivity contribution in [2.75, 3.05) is 24.7 Å². The highest BCUT2D eigenvalue weighted by atomic mass is 33.1. The molecule has 31 heavy (non-hydrogen) atoms. The minimum absolute atomic E-state index is 0.0517. The lowest BCUT2D eigenvalue weighted by Gasteiger charge is -2.17. The van der Waals surface area contributed by atoms with E-state index in [-0.39, 0.29) is 25.5 Å². The Labute approximate surface area is 186 Å². The lowest BCUT2D eigenvalue weighted by molar-refractivity contribution is -0.0220. The third kappa shape index (κ3) is 5.95. The highest BCUT2D eigenvalue weighted by Crippen LogP contribution is 2.44. The standard InChI is InChI=1S/C17H21N6O5PS2/c18-16-15-17(21-10-20-16)23(11-22-15)14-5-4-12(28-14)9-27-29(24,25)26-7-8-30-31-13-3-1-2-6-19-13/h1-3,6,10-12,14H,4-5,7-9H2,(H,24,25)(H2,18,20,21)/t12-,14+/m0/s1. The van der Waals surface area contributed by atoms with Crippen LogP contribution in [0.4, 0.5) is 5.82 Å². The van der Waals surface area contributed by atoms with Crippen LogP contribution in [-0.4, -0.2) is 54.5 Å². The van der Waals surface area contributed by atoms with Crippen molar-refractivity contribution in [1.29, 1.82) is 0 Å². The maximum atomic E-state index is 12.1. The van der Waals surface area contributed by atoms with Crippen LogP contribution < -0.4 is 5.73 Å². The first-order valence-corrected chi connectivity index (χ1v) is 13.2. The summed E-state index contributed by atoms with van der Waals surface area (Å²) < 4.78 is 30.0. The van der Waals surface area contributed by atoms with Crippen LogP contribution >= 0.6 is 29.4 Å². The lowest BCUT2D eigenvalue weighted by Crippen LogP contribution is -2.16. The van der Waals surface area contributed by atoms with E-state index in [4.69, 9.17) is 19.5 Å². The zero-order chi connectivity index (χ0) is 21.7. The van der Waals surface area contributed by atoms with E-state index in [9.17, 15) is 9.46 Å². The Bertz CT molecular complexity index is 1060. The summed E-state index contributed by atoms with van der Waals surface area (Å²) in [6.07, 6.45) is 5.36. The summed E-state index contributed by atoms with van der Waals surface area (Å²) in [5.41, 5.74) is 6.91. The molecule has 1 fully saturated rings. The van der Waals surface area contributed by atoms with Crippen molar-refractivity contribution in [3.63, 3.8) is 0 Å². The topological polar surface area (TPSA) is 148 Å². The van der Waals surface area contributed by atoms with Crippen LogP contribution in [0, 0.1) is 0 Å². The van der Waals surface area contributed by atoms with Gasteiger partial charge in [-0.3, -0.25) is 13.6 Å². The zero-order valence-electron chi connectivity index (χ0n) is 16.3. The van der Waals surface area contributed by atoms with Gasteiger partial charge in [0.15, 0.2) is 11.5 Å². The maximum Gasteiger partial charge on any atom is 0.472 e. The van der Waals surface area contributed by atoms with Gasteiger partial charge in [0.25, 0.3) is 0 Å². The number of hydrogen-bond donors (Lipinski definition) is 2. The molecule has 14 heteroatoms. The number of rotatable bonds is 10. The molecule has 0 saturated carbocycles. The Morgan fingerprint density at radius 3 is 3.00 bits per heavy atom. The van der Waals surface area contributed by atoms with Gasteiger partial charge in [-0.15, -0.1) is 0 Å². The summed E-state index contributed by atoms with van der Waals surface area (Å²) >= 11 is 0. The van der Waals surface area contributed by atoms with Crippen molar-refractivity contribution in [1.82, 2.24) is 24.5 Å². The molecular weight excluding hydrogens is 463 g/mol. The Morgan fingerprint density at radius 2 is 2.16 bits per heavy atom. The highest BCUT2D eigenvalue weighted by Gasteiger charge is 2.31. The molecule has 4 heterocycles. The Morgan fingerprint density at radius 1 is 1.26 bits per heavy atom. The van der Waals surface area contributed by atoms with Gasteiger partial charge in [0.1, 0.15) is 23.1 Å². The molecule has 0 bridgehead atoms. The van der Waals surface area contributed by atoms with E-state index >= 15 is 0 Å². The monoisotopic (exact) mass is 484 g/mol. The summed E-state index contributed by atoms with van der Waals surface area (Å²) in [5, 5.41) is 0.865. The molecule has 11 nitrogen and oxygen atoms in total. The van der Waals surface area contributed by atoms with Crippen molar-refractivity contribution in [2.24, 2.45) is 0 Å². The summed E-state index contributed by atoms with van der Waals surface area (Å²) in [4.78, 5) is 26.4. The number of phosphoric ester groups is 1. The lowest BCUT2D eigenvalue weighted by atomic mass is 10.2. The fourth-order valence-electron chi connectivity index (χ4n) is 2.99. The van der Waals surface area contributed by atoms with Crippen molar-refractivity contribution < 1.29 is 23.2 Å². The van der Waals surface area contributed by atoms with Crippen LogP contribution in [0.15, 0.2) is 42.1 Å². The summed E-state index contributed by atoms with van der Waals surface area (Å²) in [5.74, 6) is 0.812. The Hall–Kier alpha value is -1.73. The number of nitrogens with zero attached hydrogens (tertiary/aromatic N) is 5. The number of ether oxygens (including phenoxy) is 1. The van der Waals surface area contributed by atoms with Gasteiger partial charge >= 0.3 is 7.82 Å². The largest absolute Gasteiger partial charge is 0.472 e. The number of fused-ring (bicyclic) bond motifs is 1. The fourth-order valence-corrected chi connectivity index (χ4v) is 5.57. The minimum Gasteiger partial charge on any atom is -0.382 e. The Kier molecular flexibility index (Phi) is 7.43. The van der Waals surface area contributed by atoms with Crippen LogP contribution in [0.25, 0.3) is 11.2 Å². The molecule has 0 aromatic carbocycles. The molecule has 0 spiro atoms. The molecule has 0 radical (unpaired) electrons. The third-order valence-electron chi connectivity index (χ3n) is 4.41. The van der Waals surface area contributed by atoms with Crippen LogP contribution in [-0.2, 0) is 18.3 Å². The number of phosphoric acid groups is 1. The van der Waals surface area contributed by atoms with Gasteiger partial charge in [-0.2, -0.15) is 0 Å².